The van der Waals surface area contributed by atoms with E-state index in [4.69, 9.17) is 4.42 Å². The van der Waals surface area contributed by atoms with Gasteiger partial charge in [-0.15, -0.1) is 0 Å². The van der Waals surface area contributed by atoms with Crippen LogP contribution in [0.4, 0.5) is 17.1 Å². The van der Waals surface area contributed by atoms with Crippen LogP contribution in [0.25, 0.3) is 77.6 Å². The Kier molecular flexibility index (Phi) is 8.55. The van der Waals surface area contributed by atoms with Gasteiger partial charge in [0.2, 0.25) is 0 Å². The molecule has 0 unspecified atom stereocenters. The summed E-state index contributed by atoms with van der Waals surface area (Å²) in [5.74, 6) is 0. The summed E-state index contributed by atoms with van der Waals surface area (Å²) in [6.45, 7) is 0. The van der Waals surface area contributed by atoms with Gasteiger partial charge in [-0.2, -0.15) is 0 Å². The molecule has 264 valence electrons. The normalized spacial score (nSPS) is 11.2. The van der Waals surface area contributed by atoms with Crippen molar-refractivity contribution in [1.82, 2.24) is 0 Å². The van der Waals surface area contributed by atoms with Gasteiger partial charge in [-0.25, -0.2) is 0 Å². The zero-order chi connectivity index (χ0) is 37.3. The van der Waals surface area contributed by atoms with E-state index in [1.165, 1.54) is 38.9 Å². The molecule has 0 fully saturated rings. The Hall–Kier alpha value is -7.42. The fourth-order valence-electron chi connectivity index (χ4n) is 7.96. The first-order valence-corrected chi connectivity index (χ1v) is 19.1. The standard InChI is InChI=1S/C54H37NO/c1-5-16-38(17-6-1)40-28-32-45(33-29-40)55(52-26-15-25-48-47-24-13-14-27-53(47)56-54(48)52)51-35-31-44(37-50(51)42-22-11-4-12-23-42)46-34-30-43(39-18-7-2-8-19-39)36-49(46)41-20-9-3-10-21-41/h1-37H. The third-order valence-corrected chi connectivity index (χ3v) is 10.7. The molecule has 0 aliphatic carbocycles. The van der Waals surface area contributed by atoms with E-state index < -0.39 is 0 Å². The Labute approximate surface area is 327 Å². The minimum Gasteiger partial charge on any atom is -0.454 e. The number of furan rings is 1. The molecule has 0 N–H and O–H groups in total. The average Bonchev–Trinajstić information content (AvgIpc) is 3.67. The molecule has 0 atom stereocenters. The van der Waals surface area contributed by atoms with Crippen LogP contribution >= 0.6 is 0 Å². The van der Waals surface area contributed by atoms with Crippen molar-refractivity contribution in [2.45, 2.75) is 0 Å². The maximum atomic E-state index is 6.71. The number of hydrogen-bond acceptors (Lipinski definition) is 2. The Morgan fingerprint density at radius 3 is 1.46 bits per heavy atom. The smallest absolute Gasteiger partial charge is 0.159 e. The van der Waals surface area contributed by atoms with Gasteiger partial charge in [0.05, 0.1) is 11.4 Å². The van der Waals surface area contributed by atoms with E-state index in [1.54, 1.807) is 0 Å². The van der Waals surface area contributed by atoms with Crippen molar-refractivity contribution in [1.29, 1.82) is 0 Å². The molecule has 2 heteroatoms. The highest BCUT2D eigenvalue weighted by atomic mass is 16.3. The van der Waals surface area contributed by atoms with Gasteiger partial charge in [0.25, 0.3) is 0 Å². The number of benzene rings is 9. The van der Waals surface area contributed by atoms with Crippen LogP contribution in [0.15, 0.2) is 229 Å². The van der Waals surface area contributed by atoms with Crippen LogP contribution in [0.1, 0.15) is 0 Å². The van der Waals surface area contributed by atoms with Crippen molar-refractivity contribution in [3.63, 3.8) is 0 Å². The monoisotopic (exact) mass is 715 g/mol. The number of fused-ring (bicyclic) bond motifs is 3. The molecule has 10 aromatic rings. The summed E-state index contributed by atoms with van der Waals surface area (Å²) in [6.07, 6.45) is 0. The molecule has 0 radical (unpaired) electrons. The molecule has 56 heavy (non-hydrogen) atoms. The summed E-state index contributed by atoms with van der Waals surface area (Å²) in [7, 11) is 0. The van der Waals surface area contributed by atoms with Crippen molar-refractivity contribution in [2.24, 2.45) is 0 Å². The van der Waals surface area contributed by atoms with Crippen molar-refractivity contribution >= 4 is 39.0 Å². The maximum absolute atomic E-state index is 6.71. The van der Waals surface area contributed by atoms with E-state index in [9.17, 15) is 0 Å². The molecule has 0 aliphatic rings. The second-order valence-corrected chi connectivity index (χ2v) is 14.1. The molecule has 10 rings (SSSR count). The lowest BCUT2D eigenvalue weighted by atomic mass is 9.89. The Bertz CT molecular complexity index is 2930. The molecule has 9 aromatic carbocycles. The second kappa shape index (κ2) is 14.4. The first-order valence-electron chi connectivity index (χ1n) is 19.1. The van der Waals surface area contributed by atoms with Gasteiger partial charge in [0.1, 0.15) is 5.58 Å². The topological polar surface area (TPSA) is 16.4 Å². The zero-order valence-corrected chi connectivity index (χ0v) is 30.7. The van der Waals surface area contributed by atoms with E-state index in [0.717, 1.165) is 55.7 Å². The number of nitrogens with zero attached hydrogens (tertiary/aromatic N) is 1. The third kappa shape index (κ3) is 6.14. The largest absolute Gasteiger partial charge is 0.454 e. The van der Waals surface area contributed by atoms with Gasteiger partial charge in [-0.3, -0.25) is 0 Å². The van der Waals surface area contributed by atoms with Crippen LogP contribution in [0.5, 0.6) is 0 Å². The van der Waals surface area contributed by atoms with Gasteiger partial charge < -0.3 is 9.32 Å². The van der Waals surface area contributed by atoms with Gasteiger partial charge in [-0.05, 0) is 92.5 Å². The van der Waals surface area contributed by atoms with Crippen molar-refractivity contribution in [2.75, 3.05) is 4.90 Å². The number of hydrogen-bond donors (Lipinski definition) is 0. The van der Waals surface area contributed by atoms with Gasteiger partial charge in [0.15, 0.2) is 5.58 Å². The summed E-state index contributed by atoms with van der Waals surface area (Å²) < 4.78 is 6.71. The van der Waals surface area contributed by atoms with Crippen LogP contribution in [-0.2, 0) is 0 Å². The molecule has 0 saturated carbocycles. The zero-order valence-electron chi connectivity index (χ0n) is 30.7. The van der Waals surface area contributed by atoms with E-state index in [0.29, 0.717) is 0 Å². The Balaban J connectivity index is 1.20. The summed E-state index contributed by atoms with van der Waals surface area (Å²) in [6, 6.07) is 80.1. The number of rotatable bonds is 8. The highest BCUT2D eigenvalue weighted by molar-refractivity contribution is 6.11. The quantitative estimate of drug-likeness (QED) is 0.156. The predicted octanol–water partition coefficient (Wildman–Crippen LogP) is 15.4. The van der Waals surface area contributed by atoms with E-state index in [2.05, 4.69) is 223 Å². The van der Waals surface area contributed by atoms with Gasteiger partial charge in [0, 0.05) is 22.0 Å². The number of anilines is 3. The van der Waals surface area contributed by atoms with Crippen LogP contribution in [0.3, 0.4) is 0 Å². The summed E-state index contributed by atoms with van der Waals surface area (Å²) in [4.78, 5) is 2.36. The van der Waals surface area contributed by atoms with Crippen molar-refractivity contribution < 1.29 is 4.42 Å². The van der Waals surface area contributed by atoms with Gasteiger partial charge >= 0.3 is 0 Å². The maximum Gasteiger partial charge on any atom is 0.159 e. The predicted molar refractivity (Wildman–Crippen MR) is 236 cm³/mol. The summed E-state index contributed by atoms with van der Waals surface area (Å²) in [5, 5.41) is 2.20. The van der Waals surface area contributed by atoms with Crippen LogP contribution < -0.4 is 4.90 Å². The summed E-state index contributed by atoms with van der Waals surface area (Å²) >= 11 is 0. The number of para-hydroxylation sites is 2. The minimum absolute atomic E-state index is 0.854. The van der Waals surface area contributed by atoms with E-state index in [1.807, 2.05) is 6.07 Å². The fraction of sp³-hybridized carbons (Fsp3) is 0. The molecule has 2 nitrogen and oxygen atoms in total. The molecule has 0 spiro atoms. The molecule has 1 aromatic heterocycles. The van der Waals surface area contributed by atoms with Crippen LogP contribution in [0.2, 0.25) is 0 Å². The lowest BCUT2D eigenvalue weighted by Gasteiger charge is -2.29. The van der Waals surface area contributed by atoms with Crippen molar-refractivity contribution in [3.05, 3.63) is 224 Å². The fourth-order valence-corrected chi connectivity index (χ4v) is 7.96. The van der Waals surface area contributed by atoms with E-state index in [-0.39, 0.29) is 0 Å². The van der Waals surface area contributed by atoms with Crippen LogP contribution in [0, 0.1) is 0 Å². The van der Waals surface area contributed by atoms with Gasteiger partial charge in [-0.1, -0.05) is 182 Å². The lowest BCUT2D eigenvalue weighted by Crippen LogP contribution is -2.11. The average molecular weight is 716 g/mol. The molecule has 1 heterocycles. The Morgan fingerprint density at radius 2 is 0.786 bits per heavy atom. The molecule has 0 aliphatic heterocycles. The first-order chi connectivity index (χ1) is 27.8. The minimum atomic E-state index is 0.854. The SMILES string of the molecule is c1ccc(-c2ccc(N(c3ccc(-c4ccc(-c5ccccc5)cc4-c4ccccc4)cc3-c3ccccc3)c3cccc4c3oc3ccccc34)cc2)cc1. The molecular formula is C54H37NO. The third-order valence-electron chi connectivity index (χ3n) is 10.7. The lowest BCUT2D eigenvalue weighted by molar-refractivity contribution is 0.669. The summed E-state index contributed by atoms with van der Waals surface area (Å²) in [5.41, 5.74) is 16.5. The van der Waals surface area contributed by atoms with Crippen molar-refractivity contribution in [3.8, 4) is 55.6 Å². The van der Waals surface area contributed by atoms with E-state index >= 15 is 0 Å². The Morgan fingerprint density at radius 1 is 0.286 bits per heavy atom. The molecular weight excluding hydrogens is 679 g/mol. The van der Waals surface area contributed by atoms with Crippen LogP contribution in [-0.4, -0.2) is 0 Å². The highest BCUT2D eigenvalue weighted by Gasteiger charge is 2.23. The molecule has 0 bridgehead atoms. The molecule has 0 saturated heterocycles. The second-order valence-electron chi connectivity index (χ2n) is 14.1. The first kappa shape index (κ1) is 33.2. The highest BCUT2D eigenvalue weighted by Crippen LogP contribution is 2.47. The molecule has 0 amide bonds.